The van der Waals surface area contributed by atoms with E-state index in [4.69, 9.17) is 19.9 Å². The van der Waals surface area contributed by atoms with Crippen LogP contribution in [0.4, 0.5) is 0 Å². The predicted octanol–water partition coefficient (Wildman–Crippen LogP) is 5.32. The van der Waals surface area contributed by atoms with E-state index in [9.17, 15) is 5.11 Å². The van der Waals surface area contributed by atoms with Gasteiger partial charge >= 0.3 is 0 Å². The lowest BCUT2D eigenvalue weighted by atomic mass is 9.85. The number of nitrogens with two attached hydrogens (primary N) is 1. The number of hydrogen-bond donors (Lipinski definition) is 2. The van der Waals surface area contributed by atoms with Crippen molar-refractivity contribution in [2.75, 3.05) is 13.7 Å². The van der Waals surface area contributed by atoms with E-state index in [0.717, 1.165) is 12.8 Å². The van der Waals surface area contributed by atoms with Gasteiger partial charge in [-0.05, 0) is 57.4 Å². The van der Waals surface area contributed by atoms with Gasteiger partial charge in [0.15, 0.2) is 0 Å². The molecule has 2 saturated heterocycles. The minimum absolute atomic E-state index is 0. The van der Waals surface area contributed by atoms with E-state index < -0.39 is 6.10 Å². The minimum Gasteiger partial charge on any atom is -0.391 e. The number of epoxide rings is 1. The number of methoxy groups -OCH3 is 1. The summed E-state index contributed by atoms with van der Waals surface area (Å²) in [5, 5.41) is 9.92. The maximum absolute atomic E-state index is 9.92. The van der Waals surface area contributed by atoms with Crippen LogP contribution in [0.2, 0.25) is 0 Å². The van der Waals surface area contributed by atoms with Gasteiger partial charge in [-0.1, -0.05) is 39.0 Å². The van der Waals surface area contributed by atoms with Gasteiger partial charge in [-0.15, -0.1) is 0 Å². The third-order valence-electron chi connectivity index (χ3n) is 6.72. The van der Waals surface area contributed by atoms with Gasteiger partial charge in [0.1, 0.15) is 0 Å². The smallest absolute Gasteiger partial charge is 0.0929 e. The number of ether oxygens (including phenoxy) is 3. The van der Waals surface area contributed by atoms with Gasteiger partial charge in [0.25, 0.3) is 0 Å². The third kappa shape index (κ3) is 6.38. The Balaban J connectivity index is -0.000000500. The second-order valence-corrected chi connectivity index (χ2v) is 9.60. The molecule has 5 nitrogen and oxygen atoms in total. The molecule has 0 radical (unpaired) electrons. The van der Waals surface area contributed by atoms with E-state index >= 15 is 0 Å². The van der Waals surface area contributed by atoms with Crippen molar-refractivity contribution in [2.45, 2.75) is 96.9 Å². The summed E-state index contributed by atoms with van der Waals surface area (Å²) in [6.45, 7) is 13.3. The van der Waals surface area contributed by atoms with Crippen molar-refractivity contribution in [3.05, 3.63) is 23.8 Å². The molecule has 180 valence electrons. The normalized spacial score (nSPS) is 37.3. The van der Waals surface area contributed by atoms with Crippen LogP contribution in [0.15, 0.2) is 23.8 Å². The van der Waals surface area contributed by atoms with E-state index in [1.807, 2.05) is 0 Å². The molecular formula is C24H55NO4. The van der Waals surface area contributed by atoms with Crippen molar-refractivity contribution in [3.63, 3.8) is 0 Å². The summed E-state index contributed by atoms with van der Waals surface area (Å²) in [6, 6.07) is 0. The van der Waals surface area contributed by atoms with Gasteiger partial charge in [0.05, 0.1) is 36.1 Å². The molecule has 9 atom stereocenters. The van der Waals surface area contributed by atoms with Crippen molar-refractivity contribution < 1.29 is 27.9 Å². The molecule has 0 spiro atoms. The monoisotopic (exact) mass is 421 g/mol. The summed E-state index contributed by atoms with van der Waals surface area (Å²) in [6.07, 6.45) is 9.53. The van der Waals surface area contributed by atoms with Crippen LogP contribution in [0.5, 0.6) is 0 Å². The summed E-state index contributed by atoms with van der Waals surface area (Å²) in [5.74, 6) is 1.09. The number of hydrogen-bond acceptors (Lipinski definition) is 5. The van der Waals surface area contributed by atoms with E-state index in [1.54, 1.807) is 14.0 Å². The number of aliphatic hydroxyl groups excluding tert-OH is 1. The molecule has 2 aliphatic heterocycles. The van der Waals surface area contributed by atoms with Crippen LogP contribution in [-0.4, -0.2) is 54.9 Å². The average molecular weight is 422 g/mol. The maximum atomic E-state index is 9.92. The topological polar surface area (TPSA) is 77.2 Å². The Hall–Kier alpha value is -0.720. The van der Waals surface area contributed by atoms with Gasteiger partial charge < -0.3 is 25.1 Å². The number of aliphatic hydroxyl groups is 1. The first-order chi connectivity index (χ1) is 13.6. The Labute approximate surface area is 186 Å². The highest BCUT2D eigenvalue weighted by atomic mass is 16.6. The van der Waals surface area contributed by atoms with E-state index in [1.165, 1.54) is 12.0 Å². The lowest BCUT2D eigenvalue weighted by Gasteiger charge is -2.35. The fraction of sp³-hybridized carbons (Fsp3) is 0.833. The molecule has 2 aliphatic rings. The van der Waals surface area contributed by atoms with Crippen molar-refractivity contribution in [3.8, 4) is 0 Å². The Morgan fingerprint density at radius 1 is 1.34 bits per heavy atom. The molecule has 2 fully saturated rings. The van der Waals surface area contributed by atoms with Crippen molar-refractivity contribution in [1.82, 2.24) is 0 Å². The molecule has 0 aromatic heterocycles. The van der Waals surface area contributed by atoms with Crippen LogP contribution >= 0.6 is 0 Å². The zero-order valence-electron chi connectivity index (χ0n) is 19.4. The summed E-state index contributed by atoms with van der Waals surface area (Å²) < 4.78 is 17.7. The molecule has 2 heterocycles. The third-order valence-corrected chi connectivity index (χ3v) is 6.72. The highest BCUT2D eigenvalue weighted by Crippen LogP contribution is 2.47. The number of allylic oxidation sites excluding steroid dienone is 3. The molecule has 3 N–H and O–H groups in total. The largest absolute Gasteiger partial charge is 0.391 e. The molecule has 29 heavy (non-hydrogen) atoms. The first-order valence-corrected chi connectivity index (χ1v) is 11.2. The summed E-state index contributed by atoms with van der Waals surface area (Å²) in [7, 11) is 1.65. The Bertz CT molecular complexity index is 598. The average Bonchev–Trinajstić information content (AvgIpc) is 3.32. The van der Waals surface area contributed by atoms with Crippen molar-refractivity contribution in [2.24, 2.45) is 23.5 Å². The van der Waals surface area contributed by atoms with Crippen molar-refractivity contribution in [1.29, 1.82) is 0 Å². The van der Waals surface area contributed by atoms with E-state index in [0.29, 0.717) is 18.4 Å². The fourth-order valence-corrected chi connectivity index (χ4v) is 5.05. The minimum atomic E-state index is -0.503. The highest BCUT2D eigenvalue weighted by Gasteiger charge is 2.56. The molecule has 0 bridgehead atoms. The van der Waals surface area contributed by atoms with Gasteiger partial charge in [-0.3, -0.25) is 0 Å². The zero-order chi connectivity index (χ0) is 21.8. The molecule has 0 aromatic rings. The van der Waals surface area contributed by atoms with Crippen LogP contribution in [0.1, 0.15) is 69.4 Å². The first-order valence-electron chi connectivity index (χ1n) is 11.2. The van der Waals surface area contributed by atoms with Gasteiger partial charge in [0.2, 0.25) is 0 Å². The quantitative estimate of drug-likeness (QED) is 0.368. The molecule has 0 aromatic carbocycles. The summed E-state index contributed by atoms with van der Waals surface area (Å²) in [5.41, 5.74) is 6.91. The summed E-state index contributed by atoms with van der Waals surface area (Å²) in [4.78, 5) is 0. The molecule has 0 aliphatic carbocycles. The Morgan fingerprint density at radius 2 is 2.03 bits per heavy atom. The van der Waals surface area contributed by atoms with Crippen LogP contribution in [0.25, 0.3) is 0 Å². The Morgan fingerprint density at radius 3 is 2.62 bits per heavy atom. The lowest BCUT2D eigenvalue weighted by molar-refractivity contribution is -0.0542. The first kappa shape index (κ1) is 24.5. The second kappa shape index (κ2) is 10.5. The molecular weight excluding hydrogens is 366 g/mol. The van der Waals surface area contributed by atoms with Crippen LogP contribution < -0.4 is 5.73 Å². The number of rotatable bonds is 10. The standard InChI is InChI=1S/C24H43NO4.6H2/c1-15(13-24(6)23(29-24)18(4)22(27-7)19(5)26)9-8-10-16(2)21-17(3)11-12-20(14-25)28-21;;;;;;/h8-10,15,17-23,26H,11-14,25H2,1-7H3;6*1H/b9-8+,16-10+;;;;;;/t15-,17+,18-,19-,20-,21-,22-,23-,24-;;;;;;/m1....../s1. The molecule has 5 heteroatoms. The maximum Gasteiger partial charge on any atom is 0.0929 e. The predicted molar refractivity (Wildman–Crippen MR) is 130 cm³/mol. The zero-order valence-corrected chi connectivity index (χ0v) is 19.4. The molecule has 2 rings (SSSR count). The van der Waals surface area contributed by atoms with Crippen LogP contribution in [0.3, 0.4) is 0 Å². The highest BCUT2D eigenvalue weighted by molar-refractivity contribution is 5.17. The molecule has 0 saturated carbocycles. The van der Waals surface area contributed by atoms with Crippen molar-refractivity contribution >= 4 is 0 Å². The van der Waals surface area contributed by atoms with Crippen LogP contribution in [0, 0.1) is 17.8 Å². The van der Waals surface area contributed by atoms with Gasteiger partial charge in [-0.25, -0.2) is 0 Å². The van der Waals surface area contributed by atoms with Gasteiger partial charge in [0, 0.05) is 28.1 Å². The van der Waals surface area contributed by atoms with E-state index in [-0.39, 0.29) is 44.5 Å². The lowest BCUT2D eigenvalue weighted by Crippen LogP contribution is -2.38. The molecule has 0 amide bonds. The SMILES string of the molecule is CO[C@H]([C@@H](C)[C@H]1O[C@]1(C)C[C@H](C)/C=C/C=C(\C)[C@H]1O[C@@H](CN)CC[C@@H]1C)[C@@H](C)O.[HH].[HH].[HH].[HH].[HH].[HH]. The second-order valence-electron chi connectivity index (χ2n) is 9.60. The fourth-order valence-electron chi connectivity index (χ4n) is 5.05. The Kier molecular flexibility index (Phi) is 8.92. The molecule has 0 unspecified atom stereocenters. The summed E-state index contributed by atoms with van der Waals surface area (Å²) >= 11 is 0. The van der Waals surface area contributed by atoms with E-state index in [2.05, 4.69) is 52.8 Å². The van der Waals surface area contributed by atoms with Gasteiger partial charge in [-0.2, -0.15) is 0 Å². The van der Waals surface area contributed by atoms with Crippen LogP contribution in [-0.2, 0) is 14.2 Å².